The molecular weight excluding hydrogens is 244 g/mol. The molecule has 0 radical (unpaired) electrons. The summed E-state index contributed by atoms with van der Waals surface area (Å²) in [7, 11) is -3.21. The Morgan fingerprint density at radius 1 is 1.24 bits per heavy atom. The van der Waals surface area contributed by atoms with Gasteiger partial charge in [-0.05, 0) is 12.8 Å². The van der Waals surface area contributed by atoms with E-state index in [2.05, 4.69) is 0 Å². The quantitative estimate of drug-likeness (QED) is 0.718. The minimum Gasteiger partial charge on any atom is -0.381 e. The normalized spacial score (nSPS) is 29.4. The van der Waals surface area contributed by atoms with Gasteiger partial charge in [0.15, 0.2) is 0 Å². The first kappa shape index (κ1) is 13.2. The van der Waals surface area contributed by atoms with Crippen molar-refractivity contribution in [3.8, 4) is 0 Å². The van der Waals surface area contributed by atoms with Crippen molar-refractivity contribution in [3.63, 3.8) is 0 Å². The summed E-state index contributed by atoms with van der Waals surface area (Å²) in [5.74, 6) is 0. The van der Waals surface area contributed by atoms with Gasteiger partial charge < -0.3 is 15.2 Å². The number of ether oxygens (including phenoxy) is 2. The van der Waals surface area contributed by atoms with Crippen molar-refractivity contribution >= 4 is 10.0 Å². The molecule has 2 N–H and O–H groups in total. The Kier molecular flexibility index (Phi) is 4.37. The molecule has 2 aliphatic heterocycles. The summed E-state index contributed by atoms with van der Waals surface area (Å²) in [6.45, 7) is 2.69. The number of hydrogen-bond acceptors (Lipinski definition) is 5. The molecule has 6 nitrogen and oxygen atoms in total. The molecule has 0 aromatic rings. The van der Waals surface area contributed by atoms with Crippen LogP contribution in [0.1, 0.15) is 12.8 Å². The maximum atomic E-state index is 12.4. The first-order valence-electron chi connectivity index (χ1n) is 6.03. The highest BCUT2D eigenvalue weighted by Gasteiger charge is 2.36. The zero-order chi connectivity index (χ0) is 12.3. The van der Waals surface area contributed by atoms with Crippen molar-refractivity contribution < 1.29 is 17.9 Å². The summed E-state index contributed by atoms with van der Waals surface area (Å²) in [5, 5.41) is -0.298. The fraction of sp³-hybridized carbons (Fsp3) is 1.00. The Morgan fingerprint density at radius 2 is 1.94 bits per heavy atom. The molecule has 1 unspecified atom stereocenters. The van der Waals surface area contributed by atoms with Gasteiger partial charge in [0, 0.05) is 32.8 Å². The molecule has 17 heavy (non-hydrogen) atoms. The monoisotopic (exact) mass is 264 g/mol. The molecule has 0 aromatic carbocycles. The maximum absolute atomic E-state index is 12.4. The van der Waals surface area contributed by atoms with Crippen molar-refractivity contribution in [2.75, 3.05) is 39.5 Å². The highest BCUT2D eigenvalue weighted by atomic mass is 32.2. The number of hydrogen-bond donors (Lipinski definition) is 1. The van der Waals surface area contributed by atoms with Gasteiger partial charge in [0.05, 0.1) is 18.0 Å². The summed E-state index contributed by atoms with van der Waals surface area (Å²) in [6, 6.07) is 0. The molecule has 0 amide bonds. The Labute approximate surface area is 102 Å². The van der Waals surface area contributed by atoms with Crippen LogP contribution in [0.2, 0.25) is 0 Å². The van der Waals surface area contributed by atoms with Crippen LogP contribution in [0.4, 0.5) is 0 Å². The van der Waals surface area contributed by atoms with E-state index in [-0.39, 0.29) is 11.4 Å². The molecule has 2 aliphatic rings. The van der Waals surface area contributed by atoms with Crippen molar-refractivity contribution in [1.82, 2.24) is 4.31 Å². The third-order valence-electron chi connectivity index (χ3n) is 3.31. The van der Waals surface area contributed by atoms with Gasteiger partial charge in [0.25, 0.3) is 0 Å². The first-order valence-corrected chi connectivity index (χ1v) is 7.53. The average Bonchev–Trinajstić information content (AvgIpc) is 2.40. The number of sulfonamides is 1. The van der Waals surface area contributed by atoms with Crippen LogP contribution >= 0.6 is 0 Å². The van der Waals surface area contributed by atoms with Crippen LogP contribution in [-0.2, 0) is 19.5 Å². The predicted octanol–water partition coefficient (Wildman–Crippen LogP) is -0.845. The van der Waals surface area contributed by atoms with E-state index < -0.39 is 10.0 Å². The lowest BCUT2D eigenvalue weighted by molar-refractivity contribution is 0.00358. The van der Waals surface area contributed by atoms with E-state index in [4.69, 9.17) is 15.2 Å². The van der Waals surface area contributed by atoms with Crippen molar-refractivity contribution in [3.05, 3.63) is 0 Å². The minimum atomic E-state index is -3.21. The van der Waals surface area contributed by atoms with Crippen LogP contribution in [0.15, 0.2) is 0 Å². The molecule has 2 fully saturated rings. The predicted molar refractivity (Wildman–Crippen MR) is 63.1 cm³/mol. The lowest BCUT2D eigenvalue weighted by atomic mass is 10.2. The molecular formula is C10H20N2O4S. The number of nitrogens with zero attached hydrogens (tertiary/aromatic N) is 1. The van der Waals surface area contributed by atoms with Gasteiger partial charge >= 0.3 is 0 Å². The maximum Gasteiger partial charge on any atom is 0.217 e. The molecule has 0 aliphatic carbocycles. The standard InChI is InChI=1S/C10H20N2O4S/c11-7-9-8-12(3-6-16-9)17(13,14)10-1-4-15-5-2-10/h9-10H,1-8,11H2. The van der Waals surface area contributed by atoms with E-state index in [1.54, 1.807) is 0 Å². The van der Waals surface area contributed by atoms with E-state index in [0.29, 0.717) is 52.3 Å². The van der Waals surface area contributed by atoms with Gasteiger partial charge in [-0.1, -0.05) is 0 Å². The molecule has 100 valence electrons. The molecule has 2 rings (SSSR count). The van der Waals surface area contributed by atoms with Crippen molar-refractivity contribution in [2.24, 2.45) is 5.73 Å². The second-order valence-corrected chi connectivity index (χ2v) is 6.66. The van der Waals surface area contributed by atoms with Crippen LogP contribution in [-0.4, -0.2) is 63.5 Å². The van der Waals surface area contributed by atoms with E-state index in [1.165, 1.54) is 4.31 Å². The van der Waals surface area contributed by atoms with E-state index in [1.807, 2.05) is 0 Å². The van der Waals surface area contributed by atoms with Crippen LogP contribution in [0.3, 0.4) is 0 Å². The molecule has 1 atom stereocenters. The molecule has 0 spiro atoms. The Balaban J connectivity index is 2.03. The fourth-order valence-corrected chi connectivity index (χ4v) is 4.16. The van der Waals surface area contributed by atoms with Crippen molar-refractivity contribution in [1.29, 1.82) is 0 Å². The topological polar surface area (TPSA) is 81.9 Å². The fourth-order valence-electron chi connectivity index (χ4n) is 2.25. The van der Waals surface area contributed by atoms with Gasteiger partial charge in [-0.25, -0.2) is 8.42 Å². The van der Waals surface area contributed by atoms with Crippen LogP contribution in [0.5, 0.6) is 0 Å². The summed E-state index contributed by atoms with van der Waals surface area (Å²) < 4.78 is 36.9. The minimum absolute atomic E-state index is 0.168. The Morgan fingerprint density at radius 3 is 2.59 bits per heavy atom. The highest BCUT2D eigenvalue weighted by Crippen LogP contribution is 2.21. The number of rotatable bonds is 3. The van der Waals surface area contributed by atoms with Crippen LogP contribution in [0.25, 0.3) is 0 Å². The van der Waals surface area contributed by atoms with E-state index in [9.17, 15) is 8.42 Å². The van der Waals surface area contributed by atoms with Crippen LogP contribution in [0, 0.1) is 0 Å². The number of morpholine rings is 1. The summed E-state index contributed by atoms with van der Waals surface area (Å²) in [5.41, 5.74) is 5.52. The van der Waals surface area contributed by atoms with Crippen LogP contribution < -0.4 is 5.73 Å². The smallest absolute Gasteiger partial charge is 0.217 e. The highest BCUT2D eigenvalue weighted by molar-refractivity contribution is 7.89. The first-order chi connectivity index (χ1) is 8.14. The lowest BCUT2D eigenvalue weighted by Crippen LogP contribution is -2.51. The zero-order valence-electron chi connectivity index (χ0n) is 9.88. The lowest BCUT2D eigenvalue weighted by Gasteiger charge is -2.35. The van der Waals surface area contributed by atoms with Gasteiger partial charge in [0.1, 0.15) is 0 Å². The molecule has 2 saturated heterocycles. The van der Waals surface area contributed by atoms with Gasteiger partial charge in [-0.3, -0.25) is 0 Å². The second-order valence-electron chi connectivity index (χ2n) is 4.44. The van der Waals surface area contributed by atoms with E-state index >= 15 is 0 Å². The van der Waals surface area contributed by atoms with Gasteiger partial charge in [-0.15, -0.1) is 0 Å². The van der Waals surface area contributed by atoms with Gasteiger partial charge in [0.2, 0.25) is 10.0 Å². The number of nitrogens with two attached hydrogens (primary N) is 1. The molecule has 2 heterocycles. The van der Waals surface area contributed by atoms with Crippen molar-refractivity contribution in [2.45, 2.75) is 24.2 Å². The summed E-state index contributed by atoms with van der Waals surface area (Å²) in [6.07, 6.45) is 1.01. The van der Waals surface area contributed by atoms with Gasteiger partial charge in [-0.2, -0.15) is 4.31 Å². The SMILES string of the molecule is NCC1CN(S(=O)(=O)C2CCOCC2)CCO1. The summed E-state index contributed by atoms with van der Waals surface area (Å²) in [4.78, 5) is 0. The zero-order valence-corrected chi connectivity index (χ0v) is 10.7. The summed E-state index contributed by atoms with van der Waals surface area (Å²) >= 11 is 0. The second kappa shape index (κ2) is 5.62. The Hall–Kier alpha value is -0.210. The average molecular weight is 264 g/mol. The van der Waals surface area contributed by atoms with E-state index in [0.717, 1.165) is 0 Å². The third-order valence-corrected chi connectivity index (χ3v) is 5.68. The molecule has 0 aromatic heterocycles. The largest absolute Gasteiger partial charge is 0.381 e. The Bertz CT molecular complexity index is 340. The molecule has 7 heteroatoms. The molecule has 0 saturated carbocycles. The molecule has 0 bridgehead atoms. The third kappa shape index (κ3) is 2.97.